The van der Waals surface area contributed by atoms with E-state index in [4.69, 9.17) is 0 Å². The Morgan fingerprint density at radius 2 is 1.93 bits per heavy atom. The quantitative estimate of drug-likeness (QED) is 0.230. The maximum absolute atomic E-state index is 12.4. The zero-order chi connectivity index (χ0) is 19.6. The molecule has 1 aliphatic rings. The van der Waals surface area contributed by atoms with Crippen molar-refractivity contribution >= 4 is 35.8 Å². The summed E-state index contributed by atoms with van der Waals surface area (Å²) in [7, 11) is 3.35. The number of carbonyl (C=O) groups excluding carboxylic acids is 1. The number of aliphatic imine (C=N–C) groups is 1. The first kappa shape index (κ1) is 26.0. The fraction of sp³-hybridized carbons (Fsp3) is 0.765. The van der Waals surface area contributed by atoms with Crippen LogP contribution in [0.3, 0.4) is 0 Å². The lowest BCUT2D eigenvalue weighted by Crippen LogP contribution is -2.42. The molecule has 0 aliphatic carbocycles. The van der Waals surface area contributed by atoms with Crippen LogP contribution in [0.1, 0.15) is 19.3 Å². The number of halogens is 4. The van der Waals surface area contributed by atoms with Gasteiger partial charge in [0.05, 0.1) is 6.54 Å². The number of piperidine rings is 1. The number of amides is 1. The van der Waals surface area contributed by atoms with Crippen LogP contribution in [-0.4, -0.2) is 81.2 Å². The molecule has 1 heterocycles. The summed E-state index contributed by atoms with van der Waals surface area (Å²) in [5.41, 5.74) is 0. The molecule has 0 bridgehead atoms. The molecule has 27 heavy (non-hydrogen) atoms. The fourth-order valence-electron chi connectivity index (χ4n) is 2.71. The van der Waals surface area contributed by atoms with Crippen molar-refractivity contribution in [3.05, 3.63) is 12.7 Å². The summed E-state index contributed by atoms with van der Waals surface area (Å²) in [6, 6.07) is 0. The van der Waals surface area contributed by atoms with Crippen molar-refractivity contribution in [1.29, 1.82) is 0 Å². The van der Waals surface area contributed by atoms with Gasteiger partial charge in [0.15, 0.2) is 5.96 Å². The Kier molecular flexibility index (Phi) is 12.7. The van der Waals surface area contributed by atoms with Gasteiger partial charge in [-0.05, 0) is 38.3 Å². The number of guanidine groups is 1. The normalized spacial score (nSPS) is 16.4. The first-order valence-electron chi connectivity index (χ1n) is 8.83. The third-order valence-electron chi connectivity index (χ3n) is 4.24. The third-order valence-corrected chi connectivity index (χ3v) is 4.24. The minimum atomic E-state index is -4.12. The number of carbonyl (C=O) groups is 1. The Morgan fingerprint density at radius 1 is 1.30 bits per heavy atom. The van der Waals surface area contributed by atoms with Crippen molar-refractivity contribution in [1.82, 2.24) is 20.4 Å². The zero-order valence-corrected chi connectivity index (χ0v) is 18.3. The van der Waals surface area contributed by atoms with Crippen molar-refractivity contribution in [2.75, 3.05) is 53.4 Å². The van der Waals surface area contributed by atoms with Gasteiger partial charge >= 0.3 is 6.18 Å². The summed E-state index contributed by atoms with van der Waals surface area (Å²) in [5.74, 6) is 0.840. The third kappa shape index (κ3) is 12.1. The summed E-state index contributed by atoms with van der Waals surface area (Å²) in [4.78, 5) is 18.8. The van der Waals surface area contributed by atoms with Crippen molar-refractivity contribution in [3.8, 4) is 0 Å². The summed E-state index contributed by atoms with van der Waals surface area (Å²) >= 11 is 0. The largest absolute Gasteiger partial charge is 0.401 e. The van der Waals surface area contributed by atoms with Crippen LogP contribution in [0.25, 0.3) is 0 Å². The molecule has 0 aromatic carbocycles. The van der Waals surface area contributed by atoms with Gasteiger partial charge in [-0.25, -0.2) is 4.99 Å². The fourth-order valence-corrected chi connectivity index (χ4v) is 2.71. The van der Waals surface area contributed by atoms with E-state index in [-0.39, 0.29) is 36.4 Å². The highest BCUT2D eigenvalue weighted by Crippen LogP contribution is 2.23. The van der Waals surface area contributed by atoms with Gasteiger partial charge in [0.2, 0.25) is 5.91 Å². The van der Waals surface area contributed by atoms with Crippen LogP contribution < -0.4 is 10.6 Å². The molecule has 10 heteroatoms. The second-order valence-electron chi connectivity index (χ2n) is 6.67. The topological polar surface area (TPSA) is 60.0 Å². The Morgan fingerprint density at radius 3 is 2.44 bits per heavy atom. The number of likely N-dealkylation sites (tertiary alicyclic amines) is 1. The SMILES string of the molecule is C=CCNC(=NCC(=O)N(C)C)NCCC1CCN(CC(F)(F)F)CC1.I. The standard InChI is InChI=1S/C17H30F3N5O.HI/c1-4-8-21-16(23-12-15(26)24(2)3)22-9-5-14-6-10-25(11-7-14)13-17(18,19)20;/h4,14H,1,5-13H2,2-3H3,(H2,21,22,23);1H. The number of alkyl halides is 3. The van der Waals surface area contributed by atoms with E-state index in [9.17, 15) is 18.0 Å². The predicted octanol–water partition coefficient (Wildman–Crippen LogP) is 2.08. The Labute approximate surface area is 176 Å². The number of nitrogens with one attached hydrogen (secondary N) is 2. The van der Waals surface area contributed by atoms with Gasteiger partial charge in [-0.2, -0.15) is 13.2 Å². The van der Waals surface area contributed by atoms with E-state index in [2.05, 4.69) is 22.2 Å². The van der Waals surface area contributed by atoms with E-state index in [0.29, 0.717) is 38.1 Å². The lowest BCUT2D eigenvalue weighted by molar-refractivity contribution is -0.148. The maximum atomic E-state index is 12.4. The molecule has 0 radical (unpaired) electrons. The summed E-state index contributed by atoms with van der Waals surface area (Å²) in [5, 5.41) is 6.22. The highest BCUT2D eigenvalue weighted by Gasteiger charge is 2.32. The van der Waals surface area contributed by atoms with Crippen molar-refractivity contribution in [3.63, 3.8) is 0 Å². The molecule has 0 unspecified atom stereocenters. The molecule has 0 spiro atoms. The molecular weight excluding hydrogens is 474 g/mol. The van der Waals surface area contributed by atoms with Crippen LogP contribution in [0.2, 0.25) is 0 Å². The molecule has 0 saturated carbocycles. The molecule has 2 N–H and O–H groups in total. The summed E-state index contributed by atoms with van der Waals surface area (Å²) in [6.07, 6.45) is -0.0366. The second-order valence-corrected chi connectivity index (χ2v) is 6.67. The summed E-state index contributed by atoms with van der Waals surface area (Å²) < 4.78 is 37.2. The predicted molar refractivity (Wildman–Crippen MR) is 112 cm³/mol. The number of hydrogen-bond donors (Lipinski definition) is 2. The highest BCUT2D eigenvalue weighted by molar-refractivity contribution is 14.0. The van der Waals surface area contributed by atoms with Crippen LogP contribution in [0.5, 0.6) is 0 Å². The van der Waals surface area contributed by atoms with Crippen molar-refractivity contribution in [2.45, 2.75) is 25.4 Å². The average molecular weight is 505 g/mol. The number of likely N-dealkylation sites (N-methyl/N-ethyl adjacent to an activating group) is 1. The number of rotatable bonds is 8. The van der Waals surface area contributed by atoms with Gasteiger partial charge < -0.3 is 15.5 Å². The molecule has 1 rings (SSSR count). The molecule has 1 aliphatic heterocycles. The van der Waals surface area contributed by atoms with Crippen LogP contribution >= 0.6 is 24.0 Å². The molecule has 158 valence electrons. The van der Waals surface area contributed by atoms with Crippen LogP contribution in [0.15, 0.2) is 17.6 Å². The molecule has 0 aromatic heterocycles. The lowest BCUT2D eigenvalue weighted by atomic mass is 9.93. The minimum Gasteiger partial charge on any atom is -0.356 e. The van der Waals surface area contributed by atoms with E-state index in [0.717, 1.165) is 19.3 Å². The summed E-state index contributed by atoms with van der Waals surface area (Å²) in [6.45, 7) is 5.02. The lowest BCUT2D eigenvalue weighted by Gasteiger charge is -2.32. The molecule has 1 amide bonds. The molecule has 1 saturated heterocycles. The highest BCUT2D eigenvalue weighted by atomic mass is 127. The molecule has 1 fully saturated rings. The van der Waals surface area contributed by atoms with Gasteiger partial charge in [-0.1, -0.05) is 6.08 Å². The zero-order valence-electron chi connectivity index (χ0n) is 16.0. The van der Waals surface area contributed by atoms with E-state index >= 15 is 0 Å². The number of nitrogens with zero attached hydrogens (tertiary/aromatic N) is 3. The second kappa shape index (κ2) is 13.2. The number of hydrogen-bond acceptors (Lipinski definition) is 3. The average Bonchev–Trinajstić information content (AvgIpc) is 2.56. The smallest absolute Gasteiger partial charge is 0.356 e. The van der Waals surface area contributed by atoms with Crippen molar-refractivity contribution < 1.29 is 18.0 Å². The van der Waals surface area contributed by atoms with Crippen LogP contribution in [0, 0.1) is 5.92 Å². The minimum absolute atomic E-state index is 0. The Bertz CT molecular complexity index is 478. The van der Waals surface area contributed by atoms with E-state index in [1.807, 2.05) is 0 Å². The van der Waals surface area contributed by atoms with Crippen molar-refractivity contribution in [2.24, 2.45) is 10.9 Å². The van der Waals surface area contributed by atoms with Gasteiger partial charge in [0.25, 0.3) is 0 Å². The van der Waals surface area contributed by atoms with Gasteiger partial charge in [0.1, 0.15) is 6.54 Å². The van der Waals surface area contributed by atoms with Crippen LogP contribution in [-0.2, 0) is 4.79 Å². The first-order valence-corrected chi connectivity index (χ1v) is 8.83. The Balaban J connectivity index is 0.00000676. The van der Waals surface area contributed by atoms with E-state index < -0.39 is 12.7 Å². The molecule has 0 atom stereocenters. The first-order chi connectivity index (χ1) is 12.2. The van der Waals surface area contributed by atoms with Gasteiger partial charge in [0, 0.05) is 27.2 Å². The van der Waals surface area contributed by atoms with E-state index in [1.54, 1.807) is 20.2 Å². The molecule has 6 nitrogen and oxygen atoms in total. The monoisotopic (exact) mass is 505 g/mol. The van der Waals surface area contributed by atoms with Gasteiger partial charge in [-0.15, -0.1) is 30.6 Å². The van der Waals surface area contributed by atoms with E-state index in [1.165, 1.54) is 9.80 Å². The van der Waals surface area contributed by atoms with Crippen LogP contribution in [0.4, 0.5) is 13.2 Å². The molecular formula is C17H31F3IN5O. The Hall–Kier alpha value is -1.04. The molecule has 0 aromatic rings. The van der Waals surface area contributed by atoms with Gasteiger partial charge in [-0.3, -0.25) is 9.69 Å². The maximum Gasteiger partial charge on any atom is 0.401 e.